The Hall–Kier alpha value is -3.25. The first-order valence-electron chi connectivity index (χ1n) is 11.8. The van der Waals surface area contributed by atoms with Gasteiger partial charge in [-0.15, -0.1) is 0 Å². The van der Waals surface area contributed by atoms with Crippen LogP contribution in [0.2, 0.25) is 0 Å². The summed E-state index contributed by atoms with van der Waals surface area (Å²) in [4.78, 5) is 14.3. The van der Waals surface area contributed by atoms with Gasteiger partial charge in [0.1, 0.15) is 0 Å². The molecule has 0 atom stereocenters. The second-order valence-corrected chi connectivity index (χ2v) is 8.75. The smallest absolute Gasteiger partial charge is 0.223 e. The number of aryl methyl sites for hydroxylation is 1. The molecule has 3 aromatic rings. The highest BCUT2D eigenvalue weighted by Crippen LogP contribution is 2.27. The van der Waals surface area contributed by atoms with Crippen LogP contribution in [0.3, 0.4) is 0 Å². The topological polar surface area (TPSA) is 32.3 Å². The molecule has 1 N–H and O–H groups in total. The number of nitrogens with zero attached hydrogens (tertiary/aromatic N) is 1. The van der Waals surface area contributed by atoms with Gasteiger partial charge in [-0.25, -0.2) is 0 Å². The molecule has 1 fully saturated rings. The first-order valence-corrected chi connectivity index (χ1v) is 11.8. The number of nitrogens with one attached hydrogen (secondary N) is 1. The van der Waals surface area contributed by atoms with Crippen molar-refractivity contribution in [1.82, 2.24) is 5.32 Å². The number of terminal acetylenes is 1. The van der Waals surface area contributed by atoms with E-state index in [9.17, 15) is 4.79 Å². The minimum Gasteiger partial charge on any atom is -0.356 e. The van der Waals surface area contributed by atoms with Crippen LogP contribution in [0, 0.1) is 18.4 Å². The van der Waals surface area contributed by atoms with Crippen molar-refractivity contribution in [2.24, 2.45) is 5.92 Å². The van der Waals surface area contributed by atoms with Gasteiger partial charge in [0.25, 0.3) is 0 Å². The van der Waals surface area contributed by atoms with Crippen LogP contribution >= 0.6 is 0 Å². The van der Waals surface area contributed by atoms with Crippen molar-refractivity contribution in [3.8, 4) is 12.5 Å². The normalized spacial score (nSPS) is 14.1. The van der Waals surface area contributed by atoms with E-state index in [0.717, 1.165) is 37.9 Å². The second-order valence-electron chi connectivity index (χ2n) is 8.75. The van der Waals surface area contributed by atoms with Crippen LogP contribution in [-0.4, -0.2) is 12.5 Å². The van der Waals surface area contributed by atoms with Crippen LogP contribution in [0.5, 0.6) is 0 Å². The fourth-order valence-electron chi connectivity index (χ4n) is 4.69. The summed E-state index contributed by atoms with van der Waals surface area (Å²) < 4.78 is 0. The predicted molar refractivity (Wildman–Crippen MR) is 133 cm³/mol. The molecule has 3 nitrogen and oxygen atoms in total. The highest BCUT2D eigenvalue weighted by atomic mass is 16.1. The Bertz CT molecular complexity index is 1080. The third-order valence-corrected chi connectivity index (χ3v) is 6.51. The molecule has 0 aromatic heterocycles. The maximum Gasteiger partial charge on any atom is 0.223 e. The monoisotopic (exact) mass is 424 g/mol. The first-order chi connectivity index (χ1) is 15.7. The number of hydrogen-bond donors (Lipinski definition) is 1. The fourth-order valence-corrected chi connectivity index (χ4v) is 4.69. The van der Waals surface area contributed by atoms with Crippen molar-refractivity contribution in [2.45, 2.75) is 51.5 Å². The lowest BCUT2D eigenvalue weighted by atomic mass is 9.88. The minimum absolute atomic E-state index is 0.225. The van der Waals surface area contributed by atoms with Crippen LogP contribution in [0.1, 0.15) is 49.7 Å². The summed E-state index contributed by atoms with van der Waals surface area (Å²) >= 11 is 0. The number of carbonyl (C=O) groups is 1. The molecule has 0 spiro atoms. The Balaban J connectivity index is 1.41. The Morgan fingerprint density at radius 3 is 2.59 bits per heavy atom. The number of hydrogen-bond acceptors (Lipinski definition) is 2. The summed E-state index contributed by atoms with van der Waals surface area (Å²) in [6.45, 7) is 1.41. The lowest BCUT2D eigenvalue weighted by Gasteiger charge is -2.21. The van der Waals surface area contributed by atoms with Crippen LogP contribution < -0.4 is 10.2 Å². The van der Waals surface area contributed by atoms with Gasteiger partial charge in [-0.05, 0) is 59.7 Å². The summed E-state index contributed by atoms with van der Waals surface area (Å²) in [5, 5.41) is 5.61. The average Bonchev–Trinajstić information content (AvgIpc) is 2.86. The average molecular weight is 425 g/mol. The molecule has 164 valence electrons. The summed E-state index contributed by atoms with van der Waals surface area (Å²) in [5.74, 6) is 0.471. The third kappa shape index (κ3) is 5.51. The van der Waals surface area contributed by atoms with E-state index >= 15 is 0 Å². The zero-order valence-corrected chi connectivity index (χ0v) is 18.7. The molecule has 0 aliphatic heterocycles. The van der Waals surface area contributed by atoms with Crippen molar-refractivity contribution < 1.29 is 4.79 Å². The molecule has 0 saturated heterocycles. The predicted octanol–water partition coefficient (Wildman–Crippen LogP) is 6.07. The first kappa shape index (κ1) is 22.0. The van der Waals surface area contributed by atoms with E-state index in [1.165, 1.54) is 41.2 Å². The van der Waals surface area contributed by atoms with Gasteiger partial charge in [0.2, 0.25) is 5.91 Å². The lowest BCUT2D eigenvalue weighted by molar-refractivity contribution is -0.125. The van der Waals surface area contributed by atoms with E-state index in [-0.39, 0.29) is 11.8 Å². The maximum atomic E-state index is 12.4. The highest BCUT2D eigenvalue weighted by Gasteiger charge is 2.20. The Labute approximate surface area is 191 Å². The van der Waals surface area contributed by atoms with Gasteiger partial charge in [0, 0.05) is 24.2 Å². The molecular weight excluding hydrogens is 392 g/mol. The van der Waals surface area contributed by atoms with E-state index in [2.05, 4.69) is 59.9 Å². The number of amides is 1. The number of benzene rings is 3. The molecule has 3 aromatic carbocycles. The Kier molecular flexibility index (Phi) is 7.46. The second kappa shape index (κ2) is 10.9. The zero-order valence-electron chi connectivity index (χ0n) is 18.7. The van der Waals surface area contributed by atoms with Crippen molar-refractivity contribution in [1.29, 1.82) is 0 Å². The third-order valence-electron chi connectivity index (χ3n) is 6.51. The molecular formula is C29H32N2O. The van der Waals surface area contributed by atoms with Gasteiger partial charge < -0.3 is 5.32 Å². The Morgan fingerprint density at radius 2 is 1.81 bits per heavy atom. The van der Waals surface area contributed by atoms with Gasteiger partial charge in [-0.3, -0.25) is 9.69 Å². The summed E-state index contributed by atoms with van der Waals surface area (Å²) in [7, 11) is 0. The molecule has 0 unspecified atom stereocenters. The van der Waals surface area contributed by atoms with E-state index in [0.29, 0.717) is 6.54 Å². The van der Waals surface area contributed by atoms with Gasteiger partial charge in [-0.1, -0.05) is 80.3 Å². The van der Waals surface area contributed by atoms with E-state index in [1.54, 1.807) is 0 Å². The molecule has 1 saturated carbocycles. The maximum absolute atomic E-state index is 12.4. The minimum atomic E-state index is 0.225. The lowest BCUT2D eigenvalue weighted by Crippen LogP contribution is -2.32. The molecule has 0 radical (unpaired) electrons. The number of fused-ring (bicyclic) bond motifs is 1. The number of carbonyl (C=O) groups excluding carboxylic acids is 1. The molecule has 0 bridgehead atoms. The highest BCUT2D eigenvalue weighted by molar-refractivity contribution is 5.89. The molecule has 32 heavy (non-hydrogen) atoms. The van der Waals surface area contributed by atoms with Crippen LogP contribution in [0.15, 0.2) is 66.7 Å². The van der Waals surface area contributed by atoms with Gasteiger partial charge >= 0.3 is 0 Å². The van der Waals surface area contributed by atoms with Crippen molar-refractivity contribution in [3.05, 3.63) is 77.9 Å². The summed E-state index contributed by atoms with van der Waals surface area (Å²) in [6.07, 6.45) is 13.5. The largest absolute Gasteiger partial charge is 0.356 e. The van der Waals surface area contributed by atoms with Gasteiger partial charge in [-0.2, -0.15) is 0 Å². The van der Waals surface area contributed by atoms with Crippen molar-refractivity contribution in [2.75, 3.05) is 11.4 Å². The fraction of sp³-hybridized carbons (Fsp3) is 0.345. The van der Waals surface area contributed by atoms with Crippen LogP contribution in [0.4, 0.5) is 5.69 Å². The standard InChI is InChI=1S/C29H32N2O/c1-2-31(22-23-11-5-3-6-12-23)27-19-18-25-16-9-15-24(28(25)21-27)17-10-20-30-29(32)26-13-7-4-8-14-26/h1,3,5-6,9,11-12,15-16,18-19,21,26H,4,7-8,10,13-14,17,20,22H2,(H,30,32). The molecule has 1 aliphatic carbocycles. The van der Waals surface area contributed by atoms with Gasteiger partial charge in [0.15, 0.2) is 0 Å². The summed E-state index contributed by atoms with van der Waals surface area (Å²) in [5.41, 5.74) is 3.52. The van der Waals surface area contributed by atoms with E-state index in [1.807, 2.05) is 23.1 Å². The molecule has 1 amide bonds. The van der Waals surface area contributed by atoms with Crippen molar-refractivity contribution >= 4 is 22.4 Å². The van der Waals surface area contributed by atoms with Crippen molar-refractivity contribution in [3.63, 3.8) is 0 Å². The number of rotatable bonds is 8. The van der Waals surface area contributed by atoms with Crippen LogP contribution in [-0.2, 0) is 17.8 Å². The number of anilines is 1. The SMILES string of the molecule is C#CN(Cc1ccccc1)c1ccc2cccc(CCCNC(=O)C3CCCCC3)c2c1. The Morgan fingerprint density at radius 1 is 1.00 bits per heavy atom. The van der Waals surface area contributed by atoms with Gasteiger partial charge in [0.05, 0.1) is 6.54 Å². The quantitative estimate of drug-likeness (QED) is 0.271. The molecule has 4 rings (SSSR count). The van der Waals surface area contributed by atoms with E-state index in [4.69, 9.17) is 6.42 Å². The molecule has 0 heterocycles. The molecule has 3 heteroatoms. The summed E-state index contributed by atoms with van der Waals surface area (Å²) in [6, 6.07) is 26.0. The van der Waals surface area contributed by atoms with E-state index < -0.39 is 0 Å². The van der Waals surface area contributed by atoms with Crippen LogP contribution in [0.25, 0.3) is 10.8 Å². The molecule has 1 aliphatic rings. The zero-order chi connectivity index (χ0) is 22.2.